The second kappa shape index (κ2) is 7.26. The Morgan fingerprint density at radius 3 is 2.82 bits per heavy atom. The van der Waals surface area contributed by atoms with Gasteiger partial charge in [0.05, 0.1) is 12.8 Å². The van der Waals surface area contributed by atoms with Crippen LogP contribution in [-0.4, -0.2) is 18.0 Å². The second-order valence-corrected chi connectivity index (χ2v) is 6.05. The molecule has 0 aliphatic carbocycles. The van der Waals surface area contributed by atoms with Crippen LogP contribution in [-0.2, 0) is 22.5 Å². The number of esters is 1. The smallest absolute Gasteiger partial charge is 0.349 e. The average molecular weight is 321 g/mol. The van der Waals surface area contributed by atoms with Crippen LogP contribution in [0.4, 0.5) is 0 Å². The van der Waals surface area contributed by atoms with Crippen LogP contribution in [0.3, 0.4) is 0 Å². The number of amides is 1. The van der Waals surface area contributed by atoms with Crippen LogP contribution in [0.2, 0.25) is 0 Å². The van der Waals surface area contributed by atoms with Crippen LogP contribution in [0, 0.1) is 6.92 Å². The molecular weight excluding hydrogens is 302 g/mol. The third-order valence-electron chi connectivity index (χ3n) is 3.21. The molecule has 2 aromatic rings. The van der Waals surface area contributed by atoms with Gasteiger partial charge in [-0.2, -0.15) is 0 Å². The molecule has 2 aromatic heterocycles. The molecule has 22 heavy (non-hydrogen) atoms. The van der Waals surface area contributed by atoms with Crippen molar-refractivity contribution in [2.45, 2.75) is 39.8 Å². The fraction of sp³-hybridized carbons (Fsp3) is 0.375. The first-order valence-corrected chi connectivity index (χ1v) is 7.93. The van der Waals surface area contributed by atoms with Crippen molar-refractivity contribution in [3.63, 3.8) is 0 Å². The van der Waals surface area contributed by atoms with Crippen LogP contribution in [0.5, 0.6) is 0 Å². The molecule has 1 atom stereocenters. The van der Waals surface area contributed by atoms with Crippen molar-refractivity contribution in [2.75, 3.05) is 0 Å². The SMILES string of the molecule is CCc1sc(C(=O)O[C@@H](C)C(=O)NCc2ccco2)cc1C. The zero-order valence-electron chi connectivity index (χ0n) is 12.8. The molecule has 6 heteroatoms. The van der Waals surface area contributed by atoms with Gasteiger partial charge in [-0.25, -0.2) is 4.79 Å². The van der Waals surface area contributed by atoms with Gasteiger partial charge in [-0.05, 0) is 44.0 Å². The third kappa shape index (κ3) is 3.98. The number of nitrogens with one attached hydrogen (secondary N) is 1. The molecular formula is C16H19NO4S. The number of hydrogen-bond acceptors (Lipinski definition) is 5. The van der Waals surface area contributed by atoms with E-state index in [9.17, 15) is 9.59 Å². The minimum Gasteiger partial charge on any atom is -0.467 e. The molecule has 1 N–H and O–H groups in total. The molecule has 0 saturated heterocycles. The number of aryl methyl sites for hydroxylation is 2. The Bertz CT molecular complexity index is 645. The van der Waals surface area contributed by atoms with Gasteiger partial charge in [0.2, 0.25) is 0 Å². The largest absolute Gasteiger partial charge is 0.467 e. The predicted octanol–water partition coefficient (Wildman–Crippen LogP) is 3.07. The summed E-state index contributed by atoms with van der Waals surface area (Å²) in [4.78, 5) is 25.7. The molecule has 0 aromatic carbocycles. The normalized spacial score (nSPS) is 12.0. The van der Waals surface area contributed by atoms with E-state index in [0.29, 0.717) is 10.6 Å². The second-order valence-electron chi connectivity index (χ2n) is 4.92. The third-order valence-corrected chi connectivity index (χ3v) is 4.57. The van der Waals surface area contributed by atoms with E-state index < -0.39 is 12.1 Å². The quantitative estimate of drug-likeness (QED) is 0.830. The minimum absolute atomic E-state index is 0.270. The molecule has 2 rings (SSSR count). The van der Waals surface area contributed by atoms with Gasteiger partial charge in [0, 0.05) is 4.88 Å². The summed E-state index contributed by atoms with van der Waals surface area (Å²) in [6, 6.07) is 5.31. The topological polar surface area (TPSA) is 68.5 Å². The van der Waals surface area contributed by atoms with Gasteiger partial charge in [0.1, 0.15) is 10.6 Å². The molecule has 2 heterocycles. The van der Waals surface area contributed by atoms with Crippen LogP contribution >= 0.6 is 11.3 Å². The first kappa shape index (κ1) is 16.3. The highest BCUT2D eigenvalue weighted by Crippen LogP contribution is 2.23. The molecule has 1 amide bonds. The maximum absolute atomic E-state index is 12.1. The van der Waals surface area contributed by atoms with Gasteiger partial charge in [0.25, 0.3) is 5.91 Å². The minimum atomic E-state index is -0.852. The summed E-state index contributed by atoms with van der Waals surface area (Å²) in [5, 5.41) is 2.66. The van der Waals surface area contributed by atoms with E-state index in [4.69, 9.17) is 9.15 Å². The highest BCUT2D eigenvalue weighted by molar-refractivity contribution is 7.14. The maximum Gasteiger partial charge on any atom is 0.349 e. The number of carbonyl (C=O) groups excluding carboxylic acids is 2. The lowest BCUT2D eigenvalue weighted by molar-refractivity contribution is -0.129. The van der Waals surface area contributed by atoms with Gasteiger partial charge < -0.3 is 14.5 Å². The summed E-state index contributed by atoms with van der Waals surface area (Å²) >= 11 is 1.41. The Kier molecular flexibility index (Phi) is 5.38. The van der Waals surface area contributed by atoms with Crippen molar-refractivity contribution in [3.8, 4) is 0 Å². The van der Waals surface area contributed by atoms with E-state index in [0.717, 1.165) is 16.9 Å². The summed E-state index contributed by atoms with van der Waals surface area (Å²) in [6.07, 6.45) is 1.56. The molecule has 0 saturated carbocycles. The fourth-order valence-corrected chi connectivity index (χ4v) is 2.97. The molecule has 0 unspecified atom stereocenters. The lowest BCUT2D eigenvalue weighted by Gasteiger charge is -2.12. The first-order valence-electron chi connectivity index (χ1n) is 7.11. The van der Waals surface area contributed by atoms with E-state index in [1.165, 1.54) is 17.6 Å². The summed E-state index contributed by atoms with van der Waals surface area (Å²) in [6.45, 7) is 5.83. The Balaban J connectivity index is 1.88. The van der Waals surface area contributed by atoms with E-state index in [2.05, 4.69) is 5.32 Å². The van der Waals surface area contributed by atoms with E-state index in [1.807, 2.05) is 13.8 Å². The Labute approximate surface area is 133 Å². The van der Waals surface area contributed by atoms with Crippen LogP contribution in [0.1, 0.15) is 39.7 Å². The van der Waals surface area contributed by atoms with E-state index >= 15 is 0 Å². The van der Waals surface area contributed by atoms with Crippen molar-refractivity contribution in [2.24, 2.45) is 0 Å². The van der Waals surface area contributed by atoms with Crippen molar-refractivity contribution >= 4 is 23.2 Å². The summed E-state index contributed by atoms with van der Waals surface area (Å²) in [5.74, 6) is -0.171. The lowest BCUT2D eigenvalue weighted by atomic mass is 10.2. The van der Waals surface area contributed by atoms with Crippen molar-refractivity contribution in [1.29, 1.82) is 0 Å². The summed E-state index contributed by atoms with van der Waals surface area (Å²) in [5.41, 5.74) is 1.08. The average Bonchev–Trinajstić information content (AvgIpc) is 3.13. The zero-order chi connectivity index (χ0) is 16.1. The number of thiophene rings is 1. The molecule has 0 spiro atoms. The zero-order valence-corrected chi connectivity index (χ0v) is 13.7. The number of ether oxygens (including phenoxy) is 1. The lowest BCUT2D eigenvalue weighted by Crippen LogP contribution is -2.35. The predicted molar refractivity (Wildman–Crippen MR) is 83.9 cm³/mol. The molecule has 0 radical (unpaired) electrons. The summed E-state index contributed by atoms with van der Waals surface area (Å²) in [7, 11) is 0. The molecule has 0 aliphatic heterocycles. The standard InChI is InChI=1S/C16H19NO4S/c1-4-13-10(2)8-14(22-13)16(19)21-11(3)15(18)17-9-12-6-5-7-20-12/h5-8,11H,4,9H2,1-3H3,(H,17,18)/t11-/m0/s1. The van der Waals surface area contributed by atoms with E-state index in [-0.39, 0.29) is 12.5 Å². The Morgan fingerprint density at radius 1 is 1.45 bits per heavy atom. The fourth-order valence-electron chi connectivity index (χ4n) is 1.97. The monoisotopic (exact) mass is 321 g/mol. The van der Waals surface area contributed by atoms with Crippen molar-refractivity contribution in [1.82, 2.24) is 5.32 Å². The van der Waals surface area contributed by atoms with Gasteiger partial charge in [-0.15, -0.1) is 11.3 Å². The van der Waals surface area contributed by atoms with Crippen LogP contribution in [0.15, 0.2) is 28.9 Å². The van der Waals surface area contributed by atoms with Crippen LogP contribution in [0.25, 0.3) is 0 Å². The summed E-state index contributed by atoms with van der Waals surface area (Å²) < 4.78 is 10.3. The number of carbonyl (C=O) groups is 2. The molecule has 0 fully saturated rings. The van der Waals surface area contributed by atoms with Gasteiger partial charge in [-0.3, -0.25) is 4.79 Å². The van der Waals surface area contributed by atoms with Crippen LogP contribution < -0.4 is 5.32 Å². The van der Waals surface area contributed by atoms with Crippen molar-refractivity contribution in [3.05, 3.63) is 45.5 Å². The number of furan rings is 1. The highest BCUT2D eigenvalue weighted by atomic mass is 32.1. The number of hydrogen-bond donors (Lipinski definition) is 1. The number of rotatable bonds is 6. The molecule has 118 valence electrons. The molecule has 0 aliphatic rings. The maximum atomic E-state index is 12.1. The van der Waals surface area contributed by atoms with Crippen molar-refractivity contribution < 1.29 is 18.7 Å². The first-order chi connectivity index (χ1) is 10.5. The van der Waals surface area contributed by atoms with Gasteiger partial charge >= 0.3 is 5.97 Å². The molecule has 0 bridgehead atoms. The van der Waals surface area contributed by atoms with Gasteiger partial charge in [0.15, 0.2) is 6.10 Å². The van der Waals surface area contributed by atoms with Gasteiger partial charge in [-0.1, -0.05) is 6.92 Å². The Hall–Kier alpha value is -2.08. The Morgan fingerprint density at radius 2 is 2.23 bits per heavy atom. The highest BCUT2D eigenvalue weighted by Gasteiger charge is 2.20. The molecule has 5 nitrogen and oxygen atoms in total. The van der Waals surface area contributed by atoms with E-state index in [1.54, 1.807) is 25.1 Å².